The summed E-state index contributed by atoms with van der Waals surface area (Å²) < 4.78 is 27.1. The van der Waals surface area contributed by atoms with Crippen molar-refractivity contribution in [3.05, 3.63) is 0 Å². The molecular weight excluding hydrogens is 206 g/mol. The lowest BCUT2D eigenvalue weighted by atomic mass is 10.4. The Morgan fingerprint density at radius 3 is 2.64 bits per heavy atom. The molecule has 1 saturated heterocycles. The molecule has 0 bridgehead atoms. The van der Waals surface area contributed by atoms with Crippen molar-refractivity contribution in [2.24, 2.45) is 0 Å². The summed E-state index contributed by atoms with van der Waals surface area (Å²) in [5.41, 5.74) is 0. The van der Waals surface area contributed by atoms with Gasteiger partial charge in [0.05, 0.1) is 11.9 Å². The van der Waals surface area contributed by atoms with Crippen molar-refractivity contribution in [2.45, 2.75) is 18.6 Å². The van der Waals surface area contributed by atoms with Crippen molar-refractivity contribution in [1.29, 1.82) is 0 Å². The first kappa shape index (κ1) is 11.3. The van der Waals surface area contributed by atoms with Crippen LogP contribution in [0.25, 0.3) is 0 Å². The van der Waals surface area contributed by atoms with Crippen LogP contribution < -0.4 is 0 Å². The van der Waals surface area contributed by atoms with Crippen LogP contribution in [-0.4, -0.2) is 50.6 Å². The van der Waals surface area contributed by atoms with E-state index in [1.807, 2.05) is 0 Å². The van der Waals surface area contributed by atoms with Crippen LogP contribution in [-0.2, 0) is 14.6 Å². The van der Waals surface area contributed by atoms with Crippen molar-refractivity contribution in [3.63, 3.8) is 0 Å². The molecule has 1 fully saturated rings. The van der Waals surface area contributed by atoms with E-state index in [0.717, 1.165) is 0 Å². The molecule has 1 aliphatic rings. The topological polar surface area (TPSA) is 63.7 Å². The minimum atomic E-state index is -3.03. The number of carbonyl (C=O) groups excluding carboxylic acids is 1. The van der Waals surface area contributed by atoms with E-state index >= 15 is 0 Å². The van der Waals surface area contributed by atoms with Crippen LogP contribution in [0.5, 0.6) is 0 Å². The quantitative estimate of drug-likeness (QED) is 0.671. The monoisotopic (exact) mass is 221 g/mol. The van der Waals surface area contributed by atoms with Gasteiger partial charge in [0.25, 0.3) is 0 Å². The molecule has 0 N–H and O–H groups in total. The van der Waals surface area contributed by atoms with E-state index in [1.54, 1.807) is 6.92 Å². The van der Waals surface area contributed by atoms with Gasteiger partial charge in [-0.2, -0.15) is 0 Å². The molecule has 0 aromatic rings. The first-order valence-electron chi connectivity index (χ1n) is 4.55. The average molecular weight is 221 g/mol. The summed E-state index contributed by atoms with van der Waals surface area (Å²) in [6, 6.07) is 0. The van der Waals surface area contributed by atoms with E-state index in [4.69, 9.17) is 4.74 Å². The van der Waals surface area contributed by atoms with Crippen LogP contribution in [0.15, 0.2) is 0 Å². The van der Waals surface area contributed by atoms with E-state index in [2.05, 4.69) is 0 Å². The van der Waals surface area contributed by atoms with Crippen LogP contribution in [0.1, 0.15) is 13.3 Å². The number of rotatable bonds is 2. The number of amides is 1. The van der Waals surface area contributed by atoms with Crippen molar-refractivity contribution in [3.8, 4) is 0 Å². The number of hydrogen-bond acceptors (Lipinski definition) is 4. The van der Waals surface area contributed by atoms with Gasteiger partial charge in [0, 0.05) is 19.3 Å². The normalized spacial score (nSPS) is 22.4. The van der Waals surface area contributed by atoms with Gasteiger partial charge in [-0.3, -0.25) is 0 Å². The van der Waals surface area contributed by atoms with Crippen molar-refractivity contribution < 1.29 is 17.9 Å². The van der Waals surface area contributed by atoms with E-state index in [1.165, 1.54) is 11.2 Å². The Morgan fingerprint density at radius 1 is 1.57 bits per heavy atom. The summed E-state index contributed by atoms with van der Waals surface area (Å²) >= 11 is 0. The Balaban J connectivity index is 2.54. The number of ether oxygens (including phenoxy) is 1. The fourth-order valence-electron chi connectivity index (χ4n) is 1.46. The smallest absolute Gasteiger partial charge is 0.409 e. The molecule has 0 aromatic carbocycles. The lowest BCUT2D eigenvalue weighted by Crippen LogP contribution is -2.32. The largest absolute Gasteiger partial charge is 0.450 e. The Hall–Kier alpha value is -0.780. The molecule has 82 valence electrons. The molecule has 0 aliphatic carbocycles. The van der Waals surface area contributed by atoms with Gasteiger partial charge in [-0.1, -0.05) is 0 Å². The lowest BCUT2D eigenvalue weighted by Gasteiger charge is -2.14. The van der Waals surface area contributed by atoms with Gasteiger partial charge in [-0.05, 0) is 13.3 Å². The van der Waals surface area contributed by atoms with Gasteiger partial charge in [-0.25, -0.2) is 13.2 Å². The molecule has 0 saturated carbocycles. The predicted molar refractivity (Wildman–Crippen MR) is 51.8 cm³/mol. The van der Waals surface area contributed by atoms with Crippen LogP contribution in [0.2, 0.25) is 0 Å². The fraction of sp³-hybridized carbons (Fsp3) is 0.875. The van der Waals surface area contributed by atoms with Crippen LogP contribution >= 0.6 is 0 Å². The molecule has 1 heterocycles. The number of carbonyl (C=O) groups is 1. The summed E-state index contributed by atoms with van der Waals surface area (Å²) in [4.78, 5) is 12.7. The summed E-state index contributed by atoms with van der Waals surface area (Å²) in [6.07, 6.45) is 1.29. The second-order valence-corrected chi connectivity index (χ2v) is 5.71. The predicted octanol–water partition coefficient (Wildman–Crippen LogP) is 0.262. The Bertz CT molecular complexity index is 311. The van der Waals surface area contributed by atoms with Crippen molar-refractivity contribution >= 4 is 15.9 Å². The number of nitrogens with zero attached hydrogens (tertiary/aromatic N) is 1. The van der Waals surface area contributed by atoms with Crippen LogP contribution in [0.4, 0.5) is 4.79 Å². The SMILES string of the molecule is CCOC(=O)N1CCC(S(C)(=O)=O)C1. The highest BCUT2D eigenvalue weighted by Gasteiger charge is 2.32. The minimum absolute atomic E-state index is 0.262. The zero-order chi connectivity index (χ0) is 10.8. The molecule has 1 atom stereocenters. The molecule has 1 unspecified atom stereocenters. The highest BCUT2D eigenvalue weighted by Crippen LogP contribution is 2.16. The third kappa shape index (κ3) is 2.60. The van der Waals surface area contributed by atoms with Gasteiger partial charge >= 0.3 is 6.09 Å². The number of likely N-dealkylation sites (tertiary alicyclic amines) is 1. The molecule has 6 heteroatoms. The molecule has 1 amide bonds. The van der Waals surface area contributed by atoms with E-state index in [9.17, 15) is 13.2 Å². The maximum Gasteiger partial charge on any atom is 0.409 e. The molecular formula is C8H15NO4S. The second-order valence-electron chi connectivity index (χ2n) is 3.39. The first-order valence-corrected chi connectivity index (χ1v) is 6.51. The Morgan fingerprint density at radius 2 is 2.21 bits per heavy atom. The van der Waals surface area contributed by atoms with Crippen LogP contribution in [0.3, 0.4) is 0 Å². The summed E-state index contributed by atoms with van der Waals surface area (Å²) in [7, 11) is -3.03. The highest BCUT2D eigenvalue weighted by atomic mass is 32.2. The zero-order valence-electron chi connectivity index (χ0n) is 8.39. The summed E-state index contributed by atoms with van der Waals surface area (Å²) in [5, 5.41) is -0.424. The molecule has 14 heavy (non-hydrogen) atoms. The minimum Gasteiger partial charge on any atom is -0.450 e. The Labute approximate surface area is 83.9 Å². The Kier molecular flexibility index (Phi) is 3.36. The van der Waals surface area contributed by atoms with Gasteiger partial charge < -0.3 is 9.64 Å². The summed E-state index contributed by atoms with van der Waals surface area (Å²) in [6.45, 7) is 2.77. The van der Waals surface area contributed by atoms with E-state index < -0.39 is 21.2 Å². The maximum absolute atomic E-state index is 11.2. The van der Waals surface area contributed by atoms with Crippen LogP contribution in [0, 0.1) is 0 Å². The van der Waals surface area contributed by atoms with Gasteiger partial charge in [-0.15, -0.1) is 0 Å². The summed E-state index contributed by atoms with van der Waals surface area (Å²) in [5.74, 6) is 0. The maximum atomic E-state index is 11.2. The molecule has 1 rings (SSSR count). The average Bonchev–Trinajstić information content (AvgIpc) is 2.51. The molecule has 5 nitrogen and oxygen atoms in total. The first-order chi connectivity index (χ1) is 6.45. The molecule has 0 aromatic heterocycles. The number of hydrogen-bond donors (Lipinski definition) is 0. The lowest BCUT2D eigenvalue weighted by molar-refractivity contribution is 0.116. The molecule has 0 radical (unpaired) electrons. The van der Waals surface area contributed by atoms with E-state index in [-0.39, 0.29) is 6.54 Å². The zero-order valence-corrected chi connectivity index (χ0v) is 9.21. The standard InChI is InChI=1S/C8H15NO4S/c1-3-13-8(10)9-5-4-7(6-9)14(2,11)12/h7H,3-6H2,1-2H3. The van der Waals surface area contributed by atoms with Crippen molar-refractivity contribution in [2.75, 3.05) is 26.0 Å². The van der Waals surface area contributed by atoms with Gasteiger partial charge in [0.2, 0.25) is 0 Å². The fourth-order valence-corrected chi connectivity index (χ4v) is 2.44. The number of sulfone groups is 1. The molecule has 1 aliphatic heterocycles. The van der Waals surface area contributed by atoms with Crippen molar-refractivity contribution in [1.82, 2.24) is 4.90 Å². The third-order valence-corrected chi connectivity index (χ3v) is 3.87. The third-order valence-electron chi connectivity index (χ3n) is 2.28. The highest BCUT2D eigenvalue weighted by molar-refractivity contribution is 7.91. The van der Waals surface area contributed by atoms with E-state index in [0.29, 0.717) is 19.6 Å². The van der Waals surface area contributed by atoms with Gasteiger partial charge in [0.1, 0.15) is 0 Å². The van der Waals surface area contributed by atoms with Gasteiger partial charge in [0.15, 0.2) is 9.84 Å². The molecule has 0 spiro atoms. The second kappa shape index (κ2) is 4.16.